The molecule has 0 saturated heterocycles. The van der Waals surface area contributed by atoms with E-state index in [4.69, 9.17) is 0 Å². The Kier molecular flexibility index (Phi) is 9.51. The van der Waals surface area contributed by atoms with Crippen LogP contribution in [-0.2, 0) is 9.59 Å². The summed E-state index contributed by atoms with van der Waals surface area (Å²) in [6.07, 6.45) is 1.28. The summed E-state index contributed by atoms with van der Waals surface area (Å²) in [6, 6.07) is 15.4. The fraction of sp³-hybridized carbons (Fsp3) is 0.318. The Morgan fingerprint density at radius 3 is 2.22 bits per heavy atom. The SMILES string of the molecule is CC.Cc1ccccc1NC(=O)CC(=O)N/N=C/c1ccc(C(C)C)cc1. The van der Waals surface area contributed by atoms with Gasteiger partial charge in [-0.05, 0) is 35.6 Å². The van der Waals surface area contributed by atoms with Crippen molar-refractivity contribution in [3.63, 3.8) is 0 Å². The average molecular weight is 367 g/mol. The van der Waals surface area contributed by atoms with Crippen LogP contribution in [0.25, 0.3) is 0 Å². The largest absolute Gasteiger partial charge is 0.325 e. The van der Waals surface area contributed by atoms with Gasteiger partial charge in [-0.1, -0.05) is 70.2 Å². The number of para-hydroxylation sites is 1. The first-order chi connectivity index (χ1) is 13.0. The lowest BCUT2D eigenvalue weighted by atomic mass is 10.0. The molecule has 0 radical (unpaired) electrons. The second-order valence-electron chi connectivity index (χ2n) is 6.15. The Morgan fingerprint density at radius 2 is 1.63 bits per heavy atom. The van der Waals surface area contributed by atoms with Crippen molar-refractivity contribution < 1.29 is 9.59 Å². The van der Waals surface area contributed by atoms with Crippen molar-refractivity contribution in [1.82, 2.24) is 5.43 Å². The Morgan fingerprint density at radius 1 is 1.00 bits per heavy atom. The number of carbonyl (C=O) groups excluding carboxylic acids is 2. The molecule has 0 atom stereocenters. The smallest absolute Gasteiger partial charge is 0.249 e. The Labute approximate surface area is 161 Å². The maximum absolute atomic E-state index is 11.9. The number of rotatable bonds is 6. The molecule has 2 N–H and O–H groups in total. The number of amides is 2. The van der Waals surface area contributed by atoms with Crippen molar-refractivity contribution >= 4 is 23.7 Å². The summed E-state index contributed by atoms with van der Waals surface area (Å²) in [6.45, 7) is 10.2. The number of nitrogens with zero attached hydrogens (tertiary/aromatic N) is 1. The van der Waals surface area contributed by atoms with E-state index in [-0.39, 0.29) is 12.3 Å². The molecule has 0 aromatic heterocycles. The van der Waals surface area contributed by atoms with Crippen molar-refractivity contribution in [3.8, 4) is 0 Å². The van der Waals surface area contributed by atoms with E-state index in [1.54, 1.807) is 12.3 Å². The summed E-state index contributed by atoms with van der Waals surface area (Å²) >= 11 is 0. The number of hydrazone groups is 1. The molecule has 5 nitrogen and oxygen atoms in total. The number of nitrogens with one attached hydrogen (secondary N) is 2. The first kappa shape index (κ1) is 22.1. The van der Waals surface area contributed by atoms with Gasteiger partial charge < -0.3 is 5.32 Å². The van der Waals surface area contributed by atoms with Crippen LogP contribution in [0.2, 0.25) is 0 Å². The van der Waals surface area contributed by atoms with Crippen molar-refractivity contribution in [1.29, 1.82) is 0 Å². The molecule has 2 aromatic carbocycles. The van der Waals surface area contributed by atoms with E-state index < -0.39 is 5.91 Å². The molecule has 0 aliphatic rings. The van der Waals surface area contributed by atoms with E-state index in [1.165, 1.54) is 5.56 Å². The van der Waals surface area contributed by atoms with Crippen LogP contribution in [0.5, 0.6) is 0 Å². The molecule has 2 aromatic rings. The lowest BCUT2D eigenvalue weighted by Gasteiger charge is -2.07. The fourth-order valence-corrected chi connectivity index (χ4v) is 2.24. The summed E-state index contributed by atoms with van der Waals surface area (Å²) in [7, 11) is 0. The normalized spacial score (nSPS) is 10.3. The highest BCUT2D eigenvalue weighted by Gasteiger charge is 2.09. The molecule has 0 unspecified atom stereocenters. The van der Waals surface area contributed by atoms with Gasteiger partial charge in [0, 0.05) is 5.69 Å². The quantitative estimate of drug-likeness (QED) is 0.444. The predicted octanol–water partition coefficient (Wildman–Crippen LogP) is 4.62. The zero-order valence-corrected chi connectivity index (χ0v) is 16.7. The highest BCUT2D eigenvalue weighted by molar-refractivity contribution is 6.04. The van der Waals surface area contributed by atoms with E-state index in [1.807, 2.05) is 63.2 Å². The van der Waals surface area contributed by atoms with Gasteiger partial charge in [0.15, 0.2) is 0 Å². The van der Waals surface area contributed by atoms with Gasteiger partial charge in [0.25, 0.3) is 0 Å². The average Bonchev–Trinajstić information content (AvgIpc) is 2.65. The molecule has 0 bridgehead atoms. The minimum absolute atomic E-state index is 0.280. The Bertz CT molecular complexity index is 765. The van der Waals surface area contributed by atoms with Gasteiger partial charge in [-0.3, -0.25) is 9.59 Å². The summed E-state index contributed by atoms with van der Waals surface area (Å²) in [5, 5.41) is 6.60. The third kappa shape index (κ3) is 7.86. The van der Waals surface area contributed by atoms with Gasteiger partial charge in [0.1, 0.15) is 6.42 Å². The third-order valence-electron chi connectivity index (χ3n) is 3.75. The number of carbonyl (C=O) groups is 2. The summed E-state index contributed by atoms with van der Waals surface area (Å²) in [5.74, 6) is -0.359. The standard InChI is InChI=1S/C20H23N3O2.C2H6/c1-14(2)17-10-8-16(9-11-17)13-21-23-20(25)12-19(24)22-18-7-5-4-6-15(18)3;1-2/h4-11,13-14H,12H2,1-3H3,(H,22,24)(H,23,25);1-2H3/b21-13+;. The zero-order chi connectivity index (χ0) is 20.2. The first-order valence-corrected chi connectivity index (χ1v) is 9.23. The monoisotopic (exact) mass is 367 g/mol. The Hall–Kier alpha value is -2.95. The van der Waals surface area contributed by atoms with Crippen LogP contribution in [0.15, 0.2) is 53.6 Å². The van der Waals surface area contributed by atoms with Crippen LogP contribution in [0.3, 0.4) is 0 Å². The fourth-order valence-electron chi connectivity index (χ4n) is 2.24. The van der Waals surface area contributed by atoms with Crippen molar-refractivity contribution in [3.05, 3.63) is 65.2 Å². The van der Waals surface area contributed by atoms with E-state index in [0.717, 1.165) is 11.1 Å². The number of benzene rings is 2. The van der Waals surface area contributed by atoms with Crippen LogP contribution in [-0.4, -0.2) is 18.0 Å². The second-order valence-corrected chi connectivity index (χ2v) is 6.15. The van der Waals surface area contributed by atoms with Gasteiger partial charge >= 0.3 is 0 Å². The molecule has 5 heteroatoms. The topological polar surface area (TPSA) is 70.6 Å². The second kappa shape index (κ2) is 11.6. The summed E-state index contributed by atoms with van der Waals surface area (Å²) in [4.78, 5) is 23.7. The van der Waals surface area contributed by atoms with Gasteiger partial charge in [-0.2, -0.15) is 5.10 Å². The Balaban J connectivity index is 0.00000176. The molecule has 144 valence electrons. The van der Waals surface area contributed by atoms with Gasteiger partial charge in [0.2, 0.25) is 11.8 Å². The molecular formula is C22H29N3O2. The predicted molar refractivity (Wildman–Crippen MR) is 112 cm³/mol. The van der Waals surface area contributed by atoms with Gasteiger partial charge in [-0.25, -0.2) is 5.43 Å². The van der Waals surface area contributed by atoms with Crippen LogP contribution < -0.4 is 10.7 Å². The molecule has 2 amide bonds. The van der Waals surface area contributed by atoms with Crippen molar-refractivity contribution in [2.24, 2.45) is 5.10 Å². The van der Waals surface area contributed by atoms with Crippen LogP contribution in [0, 0.1) is 6.92 Å². The molecule has 0 heterocycles. The molecule has 0 aliphatic heterocycles. The van der Waals surface area contributed by atoms with Gasteiger partial charge in [0.05, 0.1) is 6.21 Å². The number of anilines is 1. The van der Waals surface area contributed by atoms with E-state index >= 15 is 0 Å². The number of aryl methyl sites for hydroxylation is 1. The third-order valence-corrected chi connectivity index (χ3v) is 3.75. The molecule has 0 aliphatic carbocycles. The summed E-state index contributed by atoms with van der Waals surface area (Å²) in [5.41, 5.74) is 6.14. The minimum atomic E-state index is -0.457. The minimum Gasteiger partial charge on any atom is -0.325 e. The van der Waals surface area contributed by atoms with Crippen LogP contribution in [0.1, 0.15) is 56.7 Å². The maximum atomic E-state index is 11.9. The molecule has 27 heavy (non-hydrogen) atoms. The highest BCUT2D eigenvalue weighted by atomic mass is 16.2. The van der Waals surface area contributed by atoms with Crippen molar-refractivity contribution in [2.45, 2.75) is 47.0 Å². The van der Waals surface area contributed by atoms with Crippen LogP contribution in [0.4, 0.5) is 5.69 Å². The lowest BCUT2D eigenvalue weighted by Crippen LogP contribution is -2.24. The molecule has 0 spiro atoms. The highest BCUT2D eigenvalue weighted by Crippen LogP contribution is 2.14. The zero-order valence-electron chi connectivity index (χ0n) is 16.7. The number of hydrogen-bond donors (Lipinski definition) is 2. The lowest BCUT2D eigenvalue weighted by molar-refractivity contribution is -0.126. The molecule has 0 saturated carbocycles. The van der Waals surface area contributed by atoms with E-state index in [9.17, 15) is 9.59 Å². The first-order valence-electron chi connectivity index (χ1n) is 9.23. The van der Waals surface area contributed by atoms with E-state index in [2.05, 4.69) is 29.7 Å². The molecule has 0 fully saturated rings. The van der Waals surface area contributed by atoms with Gasteiger partial charge in [-0.15, -0.1) is 0 Å². The number of hydrogen-bond acceptors (Lipinski definition) is 3. The molecular weight excluding hydrogens is 338 g/mol. The van der Waals surface area contributed by atoms with E-state index in [0.29, 0.717) is 11.6 Å². The maximum Gasteiger partial charge on any atom is 0.249 e. The van der Waals surface area contributed by atoms with Crippen LogP contribution >= 0.6 is 0 Å². The van der Waals surface area contributed by atoms with Crippen molar-refractivity contribution in [2.75, 3.05) is 5.32 Å². The molecule has 2 rings (SSSR count). The summed E-state index contributed by atoms with van der Waals surface area (Å²) < 4.78 is 0.